The number of hydrogen-bond donors (Lipinski definition) is 5. The number of aliphatic hydroxyl groups is 5. The lowest BCUT2D eigenvalue weighted by Gasteiger charge is -2.41. The van der Waals surface area contributed by atoms with Gasteiger partial charge in [-0.25, -0.2) is 0 Å². The first-order valence-corrected chi connectivity index (χ1v) is 10.1. The second-order valence-corrected chi connectivity index (χ2v) is 8.08. The molecule has 0 aromatic heterocycles. The molecule has 0 amide bonds. The molecule has 0 saturated carbocycles. The Labute approximate surface area is 180 Å². The van der Waals surface area contributed by atoms with E-state index in [4.69, 9.17) is 21.1 Å². The van der Waals surface area contributed by atoms with E-state index in [-0.39, 0.29) is 12.4 Å². The fourth-order valence-electron chi connectivity index (χ4n) is 3.44. The van der Waals surface area contributed by atoms with Crippen LogP contribution in [0.25, 0.3) is 0 Å². The molecule has 0 spiro atoms. The van der Waals surface area contributed by atoms with E-state index in [1.807, 2.05) is 31.2 Å². The highest BCUT2D eigenvalue weighted by Crippen LogP contribution is 2.34. The van der Waals surface area contributed by atoms with Crippen LogP contribution in [0.3, 0.4) is 0 Å². The molecule has 1 aliphatic rings. The van der Waals surface area contributed by atoms with Gasteiger partial charge in [0.15, 0.2) is 0 Å². The van der Waals surface area contributed by atoms with E-state index in [2.05, 4.69) is 0 Å². The molecule has 5 N–H and O–H groups in total. The number of hydrogen-bond acceptors (Lipinski definition) is 7. The van der Waals surface area contributed by atoms with Crippen LogP contribution in [-0.2, 0) is 17.8 Å². The van der Waals surface area contributed by atoms with Crippen LogP contribution >= 0.6 is 11.6 Å². The minimum atomic E-state index is -1.57. The van der Waals surface area contributed by atoms with E-state index >= 15 is 0 Å². The van der Waals surface area contributed by atoms with Crippen molar-refractivity contribution in [2.24, 2.45) is 0 Å². The first-order chi connectivity index (χ1) is 14.2. The molecule has 2 aromatic rings. The SMILES string of the molecule is Cc1ccc(Cc2c(Cl)cc(CO)cc2O[C@@H]2O[C@H]([C@@H](C)O)[C@@H](O)[C@H](O)[C@H]2O)cc1. The van der Waals surface area contributed by atoms with E-state index in [9.17, 15) is 25.5 Å². The predicted molar refractivity (Wildman–Crippen MR) is 110 cm³/mol. The van der Waals surface area contributed by atoms with Gasteiger partial charge in [0.1, 0.15) is 30.2 Å². The largest absolute Gasteiger partial charge is 0.462 e. The monoisotopic (exact) mass is 438 g/mol. The summed E-state index contributed by atoms with van der Waals surface area (Å²) in [7, 11) is 0. The minimum Gasteiger partial charge on any atom is -0.462 e. The van der Waals surface area contributed by atoms with Crippen LogP contribution < -0.4 is 4.74 Å². The van der Waals surface area contributed by atoms with Crippen molar-refractivity contribution < 1.29 is 35.0 Å². The van der Waals surface area contributed by atoms with Gasteiger partial charge in [-0.15, -0.1) is 0 Å². The van der Waals surface area contributed by atoms with Crippen molar-refractivity contribution in [3.8, 4) is 5.75 Å². The third-order valence-corrected chi connectivity index (χ3v) is 5.56. The quantitative estimate of drug-likeness (QED) is 0.461. The Bertz CT molecular complexity index is 855. The molecular weight excluding hydrogens is 412 g/mol. The van der Waals surface area contributed by atoms with Gasteiger partial charge >= 0.3 is 0 Å². The molecule has 1 fully saturated rings. The summed E-state index contributed by atoms with van der Waals surface area (Å²) >= 11 is 6.46. The van der Waals surface area contributed by atoms with Gasteiger partial charge in [0.05, 0.1) is 12.7 Å². The fourth-order valence-corrected chi connectivity index (χ4v) is 3.74. The maximum Gasteiger partial charge on any atom is 0.229 e. The fraction of sp³-hybridized carbons (Fsp3) is 0.455. The summed E-state index contributed by atoms with van der Waals surface area (Å²) in [6.07, 6.45) is -7.78. The van der Waals surface area contributed by atoms with Gasteiger partial charge in [-0.05, 0) is 37.1 Å². The topological polar surface area (TPSA) is 120 Å². The van der Waals surface area contributed by atoms with E-state index in [1.165, 1.54) is 6.92 Å². The Balaban J connectivity index is 1.93. The molecule has 1 saturated heterocycles. The summed E-state index contributed by atoms with van der Waals surface area (Å²) in [5, 5.41) is 50.3. The van der Waals surface area contributed by atoms with Gasteiger partial charge in [-0.1, -0.05) is 41.4 Å². The molecule has 1 aliphatic heterocycles. The Morgan fingerprint density at radius 1 is 1.03 bits per heavy atom. The summed E-state index contributed by atoms with van der Waals surface area (Å²) in [6, 6.07) is 11.1. The predicted octanol–water partition coefficient (Wildman–Crippen LogP) is 1.30. The van der Waals surface area contributed by atoms with Crippen molar-refractivity contribution in [2.45, 2.75) is 63.7 Å². The zero-order valence-electron chi connectivity index (χ0n) is 16.8. The van der Waals surface area contributed by atoms with Gasteiger partial charge in [-0.2, -0.15) is 0 Å². The Kier molecular flexibility index (Phi) is 7.36. The number of aliphatic hydroxyl groups excluding tert-OH is 5. The number of halogens is 1. The summed E-state index contributed by atoms with van der Waals surface area (Å²) < 4.78 is 11.4. The molecule has 0 radical (unpaired) electrons. The Morgan fingerprint density at radius 3 is 2.30 bits per heavy atom. The van der Waals surface area contributed by atoms with Crippen molar-refractivity contribution in [3.05, 3.63) is 63.7 Å². The van der Waals surface area contributed by atoms with Gasteiger partial charge < -0.3 is 35.0 Å². The lowest BCUT2D eigenvalue weighted by atomic mass is 9.96. The summed E-state index contributed by atoms with van der Waals surface area (Å²) in [5.74, 6) is 0.268. The molecular formula is C22H27ClO7. The van der Waals surface area contributed by atoms with E-state index < -0.39 is 36.8 Å². The van der Waals surface area contributed by atoms with E-state index in [0.717, 1.165) is 11.1 Å². The van der Waals surface area contributed by atoms with Crippen LogP contribution in [0, 0.1) is 6.92 Å². The van der Waals surface area contributed by atoms with Gasteiger partial charge in [-0.3, -0.25) is 0 Å². The zero-order chi connectivity index (χ0) is 22.0. The van der Waals surface area contributed by atoms with Crippen LogP contribution in [0.5, 0.6) is 5.75 Å². The molecule has 164 valence electrons. The zero-order valence-corrected chi connectivity index (χ0v) is 17.5. The molecule has 7 nitrogen and oxygen atoms in total. The molecule has 6 atom stereocenters. The molecule has 0 unspecified atom stereocenters. The minimum absolute atomic E-state index is 0.268. The standard InChI is InChI=1S/C22H27ClO7/c1-11-3-5-13(6-4-11)7-15-16(23)8-14(10-24)9-17(15)29-22-20(28)18(26)19(27)21(30-22)12(2)25/h3-6,8-9,12,18-22,24-28H,7,10H2,1-2H3/t12-,18+,19+,20-,21-,22-/m1/s1. The molecule has 2 aromatic carbocycles. The lowest BCUT2D eigenvalue weighted by Crippen LogP contribution is -2.61. The number of ether oxygens (including phenoxy) is 2. The normalized spacial score (nSPS) is 27.7. The molecule has 0 bridgehead atoms. The van der Waals surface area contributed by atoms with Gasteiger partial charge in [0.25, 0.3) is 0 Å². The average molecular weight is 439 g/mol. The van der Waals surface area contributed by atoms with Crippen molar-refractivity contribution in [2.75, 3.05) is 0 Å². The third-order valence-electron chi connectivity index (χ3n) is 5.22. The second-order valence-electron chi connectivity index (χ2n) is 7.67. The van der Waals surface area contributed by atoms with Crippen LogP contribution in [0.4, 0.5) is 0 Å². The lowest BCUT2D eigenvalue weighted by molar-refractivity contribution is -0.286. The summed E-state index contributed by atoms with van der Waals surface area (Å²) in [5.41, 5.74) is 3.21. The highest BCUT2D eigenvalue weighted by Gasteiger charge is 2.46. The number of rotatable bonds is 6. The molecule has 30 heavy (non-hydrogen) atoms. The Morgan fingerprint density at radius 2 is 1.70 bits per heavy atom. The first-order valence-electron chi connectivity index (χ1n) is 9.73. The van der Waals surface area contributed by atoms with Gasteiger partial charge in [0.2, 0.25) is 6.29 Å². The summed E-state index contributed by atoms with van der Waals surface area (Å²) in [4.78, 5) is 0. The van der Waals surface area contributed by atoms with E-state index in [0.29, 0.717) is 22.6 Å². The number of aryl methyl sites for hydroxylation is 1. The average Bonchev–Trinajstić information content (AvgIpc) is 2.71. The molecule has 3 rings (SSSR count). The second kappa shape index (κ2) is 9.62. The molecule has 8 heteroatoms. The van der Waals surface area contributed by atoms with Crippen LogP contribution in [0.1, 0.15) is 29.2 Å². The van der Waals surface area contributed by atoms with E-state index in [1.54, 1.807) is 12.1 Å². The first kappa shape index (κ1) is 23.0. The molecule has 1 heterocycles. The van der Waals surface area contributed by atoms with Crippen molar-refractivity contribution in [1.82, 2.24) is 0 Å². The van der Waals surface area contributed by atoms with Gasteiger partial charge in [0, 0.05) is 17.0 Å². The third kappa shape index (κ3) is 4.95. The maximum absolute atomic E-state index is 10.4. The molecule has 0 aliphatic carbocycles. The highest BCUT2D eigenvalue weighted by molar-refractivity contribution is 6.31. The van der Waals surface area contributed by atoms with Crippen LogP contribution in [0.2, 0.25) is 5.02 Å². The van der Waals surface area contributed by atoms with Crippen LogP contribution in [-0.4, -0.2) is 62.3 Å². The van der Waals surface area contributed by atoms with Crippen molar-refractivity contribution in [3.63, 3.8) is 0 Å². The number of benzene rings is 2. The maximum atomic E-state index is 10.4. The Hall–Kier alpha value is -1.71. The smallest absolute Gasteiger partial charge is 0.229 e. The summed E-state index contributed by atoms with van der Waals surface area (Å²) in [6.45, 7) is 3.12. The van der Waals surface area contributed by atoms with Crippen LogP contribution in [0.15, 0.2) is 36.4 Å². The van der Waals surface area contributed by atoms with Crippen molar-refractivity contribution in [1.29, 1.82) is 0 Å². The highest BCUT2D eigenvalue weighted by atomic mass is 35.5. The van der Waals surface area contributed by atoms with Crippen molar-refractivity contribution >= 4 is 11.6 Å².